The van der Waals surface area contributed by atoms with Crippen LogP contribution in [0.15, 0.2) is 12.1 Å². The molecule has 0 atom stereocenters. The quantitative estimate of drug-likeness (QED) is 0.890. The third-order valence-corrected chi connectivity index (χ3v) is 3.34. The van der Waals surface area contributed by atoms with Gasteiger partial charge in [0.1, 0.15) is 11.6 Å². The van der Waals surface area contributed by atoms with Crippen molar-refractivity contribution in [2.24, 2.45) is 0 Å². The molecule has 0 unspecified atom stereocenters. The van der Waals surface area contributed by atoms with Crippen molar-refractivity contribution in [1.29, 1.82) is 0 Å². The zero-order chi connectivity index (χ0) is 14.5. The Hall–Kier alpha value is -1.62. The molecule has 0 radical (unpaired) electrons. The van der Waals surface area contributed by atoms with Crippen molar-refractivity contribution < 1.29 is 0 Å². The molecule has 0 aliphatic heterocycles. The highest BCUT2D eigenvalue weighted by Gasteiger charge is 2.11. The minimum atomic E-state index is 0.550. The molecule has 108 valence electrons. The number of anilines is 1. The Labute approximate surface area is 124 Å². The molecule has 2 rings (SSSR count). The minimum absolute atomic E-state index is 0.550. The molecule has 20 heavy (non-hydrogen) atoms. The molecule has 0 fully saturated rings. The number of rotatable bonds is 6. The Morgan fingerprint density at radius 1 is 1.15 bits per heavy atom. The smallest absolute Gasteiger partial charge is 0.150 e. The first-order valence-corrected chi connectivity index (χ1v) is 7.37. The van der Waals surface area contributed by atoms with Gasteiger partial charge in [-0.05, 0) is 19.1 Å². The summed E-state index contributed by atoms with van der Waals surface area (Å²) in [7, 11) is 0. The Balaban J connectivity index is 2.28. The van der Waals surface area contributed by atoms with Crippen molar-refractivity contribution in [2.75, 3.05) is 11.9 Å². The minimum Gasteiger partial charge on any atom is -0.370 e. The van der Waals surface area contributed by atoms with Crippen molar-refractivity contribution >= 4 is 17.4 Å². The topological polar surface area (TPSA) is 55.6 Å². The van der Waals surface area contributed by atoms with Crippen molar-refractivity contribution in [3.63, 3.8) is 0 Å². The summed E-state index contributed by atoms with van der Waals surface area (Å²) in [6.45, 7) is 7.54. The largest absolute Gasteiger partial charge is 0.370 e. The van der Waals surface area contributed by atoms with E-state index in [0.717, 1.165) is 42.5 Å². The second kappa shape index (κ2) is 6.70. The van der Waals surface area contributed by atoms with E-state index in [2.05, 4.69) is 34.2 Å². The van der Waals surface area contributed by atoms with E-state index in [0.29, 0.717) is 11.6 Å². The number of aromatic nitrogens is 4. The number of hydrogen-bond donors (Lipinski definition) is 1. The molecule has 0 aliphatic carbocycles. The van der Waals surface area contributed by atoms with Crippen LogP contribution >= 0.6 is 11.6 Å². The van der Waals surface area contributed by atoms with Gasteiger partial charge in [0.2, 0.25) is 0 Å². The maximum Gasteiger partial charge on any atom is 0.150 e. The van der Waals surface area contributed by atoms with Crippen LogP contribution in [0.25, 0.3) is 0 Å². The maximum absolute atomic E-state index is 6.23. The molecule has 0 spiro atoms. The lowest BCUT2D eigenvalue weighted by molar-refractivity contribution is 0.627. The molecular weight excluding hydrogens is 274 g/mol. The van der Waals surface area contributed by atoms with Gasteiger partial charge in [-0.25, -0.2) is 14.6 Å². The zero-order valence-electron chi connectivity index (χ0n) is 12.1. The number of nitrogens with one attached hydrogen (secondary N) is 1. The highest BCUT2D eigenvalue weighted by atomic mass is 35.5. The van der Waals surface area contributed by atoms with E-state index >= 15 is 0 Å². The molecule has 5 nitrogen and oxygen atoms in total. The van der Waals surface area contributed by atoms with E-state index in [9.17, 15) is 0 Å². The molecule has 6 heteroatoms. The van der Waals surface area contributed by atoms with E-state index < -0.39 is 0 Å². The van der Waals surface area contributed by atoms with Crippen LogP contribution in [0.4, 0.5) is 5.82 Å². The molecular formula is C14H20ClN5. The molecule has 2 heterocycles. The average molecular weight is 294 g/mol. The van der Waals surface area contributed by atoms with Crippen molar-refractivity contribution in [3.8, 4) is 0 Å². The summed E-state index contributed by atoms with van der Waals surface area (Å²) in [5.74, 6) is 2.66. The van der Waals surface area contributed by atoms with Crippen LogP contribution in [0, 0.1) is 0 Å². The van der Waals surface area contributed by atoms with Crippen molar-refractivity contribution in [1.82, 2.24) is 19.7 Å². The first kappa shape index (κ1) is 14.8. The molecule has 0 bridgehead atoms. The number of hydrogen-bond acceptors (Lipinski definition) is 4. The predicted molar refractivity (Wildman–Crippen MR) is 81.3 cm³/mol. The van der Waals surface area contributed by atoms with Crippen LogP contribution in [-0.2, 0) is 19.4 Å². The third-order valence-electron chi connectivity index (χ3n) is 3.00. The molecule has 0 aliphatic rings. The summed E-state index contributed by atoms with van der Waals surface area (Å²) >= 11 is 6.23. The van der Waals surface area contributed by atoms with Gasteiger partial charge in [-0.1, -0.05) is 25.4 Å². The molecule has 0 saturated heterocycles. The van der Waals surface area contributed by atoms with Crippen LogP contribution in [0.5, 0.6) is 0 Å². The second-order valence-electron chi connectivity index (χ2n) is 4.46. The van der Waals surface area contributed by atoms with Gasteiger partial charge in [-0.3, -0.25) is 0 Å². The molecule has 0 amide bonds. The fourth-order valence-electron chi connectivity index (χ4n) is 1.98. The van der Waals surface area contributed by atoms with Crippen molar-refractivity contribution in [3.05, 3.63) is 34.5 Å². The van der Waals surface area contributed by atoms with E-state index in [1.54, 1.807) is 0 Å². The fraction of sp³-hybridized carbons (Fsp3) is 0.500. The Morgan fingerprint density at radius 3 is 2.60 bits per heavy atom. The number of nitrogens with zero attached hydrogens (tertiary/aromatic N) is 4. The molecule has 2 aromatic rings. The first-order chi connectivity index (χ1) is 9.67. The number of pyridine rings is 1. The second-order valence-corrected chi connectivity index (χ2v) is 4.87. The van der Waals surface area contributed by atoms with Crippen LogP contribution in [-0.4, -0.2) is 26.3 Å². The van der Waals surface area contributed by atoms with Crippen LogP contribution < -0.4 is 5.32 Å². The standard InChI is InChI=1S/C14H20ClN5/c1-4-12-18-14(5-2)20(19-12)9-11-10(15)7-8-13(17-11)16-6-3/h7-8H,4-6,9H2,1-3H3,(H,16,17). The predicted octanol–water partition coefficient (Wildman–Crippen LogP) is 2.93. The average Bonchev–Trinajstić information content (AvgIpc) is 2.85. The summed E-state index contributed by atoms with van der Waals surface area (Å²) < 4.78 is 1.89. The SMILES string of the molecule is CCNc1ccc(Cl)c(Cn2nc(CC)nc2CC)n1. The zero-order valence-corrected chi connectivity index (χ0v) is 12.9. The molecule has 2 aromatic heterocycles. The lowest BCUT2D eigenvalue weighted by Crippen LogP contribution is -2.10. The van der Waals surface area contributed by atoms with Gasteiger partial charge in [0.05, 0.1) is 17.3 Å². The van der Waals surface area contributed by atoms with Crippen LogP contribution in [0.2, 0.25) is 5.02 Å². The van der Waals surface area contributed by atoms with E-state index in [-0.39, 0.29) is 0 Å². The van der Waals surface area contributed by atoms with Crippen LogP contribution in [0.3, 0.4) is 0 Å². The van der Waals surface area contributed by atoms with E-state index in [1.807, 2.05) is 23.7 Å². The third kappa shape index (κ3) is 3.28. The summed E-state index contributed by atoms with van der Waals surface area (Å²) in [5.41, 5.74) is 0.812. The Morgan fingerprint density at radius 2 is 1.95 bits per heavy atom. The number of halogens is 1. The van der Waals surface area contributed by atoms with Crippen LogP contribution in [0.1, 0.15) is 38.1 Å². The van der Waals surface area contributed by atoms with Gasteiger partial charge in [0, 0.05) is 19.4 Å². The fourth-order valence-corrected chi connectivity index (χ4v) is 2.15. The molecule has 0 saturated carbocycles. The van der Waals surface area contributed by atoms with Gasteiger partial charge in [-0.2, -0.15) is 5.10 Å². The van der Waals surface area contributed by atoms with Gasteiger partial charge in [0.15, 0.2) is 5.82 Å². The summed E-state index contributed by atoms with van der Waals surface area (Å²) in [4.78, 5) is 9.03. The Bertz CT molecular complexity index is 579. The lowest BCUT2D eigenvalue weighted by Gasteiger charge is -2.09. The van der Waals surface area contributed by atoms with Crippen molar-refractivity contribution in [2.45, 2.75) is 40.2 Å². The molecule has 0 aromatic carbocycles. The summed E-state index contributed by atoms with van der Waals surface area (Å²) in [5, 5.41) is 8.34. The Kier molecular flexibility index (Phi) is 4.95. The highest BCUT2D eigenvalue weighted by Crippen LogP contribution is 2.18. The van der Waals surface area contributed by atoms with E-state index in [1.165, 1.54) is 0 Å². The van der Waals surface area contributed by atoms with Gasteiger partial charge in [-0.15, -0.1) is 0 Å². The number of aryl methyl sites for hydroxylation is 2. The maximum atomic E-state index is 6.23. The molecule has 1 N–H and O–H groups in total. The van der Waals surface area contributed by atoms with Gasteiger partial charge < -0.3 is 5.32 Å². The lowest BCUT2D eigenvalue weighted by atomic mass is 10.3. The summed E-state index contributed by atoms with van der Waals surface area (Å²) in [6.07, 6.45) is 1.68. The van der Waals surface area contributed by atoms with E-state index in [4.69, 9.17) is 11.6 Å². The van der Waals surface area contributed by atoms with Gasteiger partial charge >= 0.3 is 0 Å². The first-order valence-electron chi connectivity index (χ1n) is 6.99. The summed E-state index contributed by atoms with van der Waals surface area (Å²) in [6, 6.07) is 3.75. The monoisotopic (exact) mass is 293 g/mol. The highest BCUT2D eigenvalue weighted by molar-refractivity contribution is 6.31. The normalized spacial score (nSPS) is 10.8. The van der Waals surface area contributed by atoms with Gasteiger partial charge in [0.25, 0.3) is 0 Å².